The van der Waals surface area contributed by atoms with Crippen molar-refractivity contribution in [1.82, 2.24) is 4.90 Å². The first kappa shape index (κ1) is 14.9. The van der Waals surface area contributed by atoms with E-state index in [4.69, 9.17) is 5.73 Å². The molecule has 4 heteroatoms. The molecule has 3 rings (SSSR count). The fraction of sp³-hybridized carbons (Fsp3) is 0.588. The number of benzene rings is 1. The summed E-state index contributed by atoms with van der Waals surface area (Å²) < 4.78 is 0.807. The van der Waals surface area contributed by atoms with Gasteiger partial charge in [0.05, 0.1) is 0 Å². The molecule has 0 bridgehead atoms. The van der Waals surface area contributed by atoms with Gasteiger partial charge in [-0.05, 0) is 65.7 Å². The molecule has 0 saturated heterocycles. The molecule has 2 fully saturated rings. The lowest BCUT2D eigenvalue weighted by molar-refractivity contribution is 0.0699. The molecule has 2 N–H and O–H groups in total. The summed E-state index contributed by atoms with van der Waals surface area (Å²) in [6, 6.07) is 5.98. The lowest BCUT2D eigenvalue weighted by Gasteiger charge is -2.30. The fourth-order valence-electron chi connectivity index (χ4n) is 3.26. The molecule has 2 aliphatic carbocycles. The fourth-order valence-corrected chi connectivity index (χ4v) is 3.64. The molecule has 2 saturated carbocycles. The highest BCUT2D eigenvalue weighted by Gasteiger charge is 2.34. The van der Waals surface area contributed by atoms with E-state index in [0.717, 1.165) is 29.4 Å². The van der Waals surface area contributed by atoms with Crippen LogP contribution in [0.5, 0.6) is 0 Å². The van der Waals surface area contributed by atoms with Gasteiger partial charge in [-0.1, -0.05) is 19.3 Å². The summed E-state index contributed by atoms with van der Waals surface area (Å²) >= 11 is 3.42. The summed E-state index contributed by atoms with van der Waals surface area (Å²) in [7, 11) is 0. The molecule has 1 aromatic rings. The molecule has 21 heavy (non-hydrogen) atoms. The third-order valence-electron chi connectivity index (χ3n) is 4.68. The van der Waals surface area contributed by atoms with E-state index in [2.05, 4.69) is 20.8 Å². The minimum atomic E-state index is 0.170. The van der Waals surface area contributed by atoms with Crippen LogP contribution >= 0.6 is 15.9 Å². The number of hydrogen-bond acceptors (Lipinski definition) is 2. The highest BCUT2D eigenvalue weighted by molar-refractivity contribution is 9.10. The van der Waals surface area contributed by atoms with Crippen LogP contribution in [0.25, 0.3) is 0 Å². The maximum absolute atomic E-state index is 12.8. The summed E-state index contributed by atoms with van der Waals surface area (Å²) in [6.45, 7) is 0.936. The molecule has 0 heterocycles. The summed E-state index contributed by atoms with van der Waals surface area (Å²) in [6.07, 6.45) is 8.89. The van der Waals surface area contributed by atoms with E-state index in [0.29, 0.717) is 17.6 Å². The normalized spacial score (nSPS) is 19.5. The maximum atomic E-state index is 12.8. The number of anilines is 1. The Labute approximate surface area is 135 Å². The lowest BCUT2D eigenvalue weighted by Crippen LogP contribution is -2.37. The number of hydrogen-bond donors (Lipinski definition) is 1. The summed E-state index contributed by atoms with van der Waals surface area (Å²) in [5.74, 6) is 0.865. The smallest absolute Gasteiger partial charge is 0.254 e. The Bertz CT molecular complexity index is 522. The number of halogens is 1. The summed E-state index contributed by atoms with van der Waals surface area (Å²) in [5, 5.41) is 0. The third-order valence-corrected chi connectivity index (χ3v) is 5.36. The minimum absolute atomic E-state index is 0.170. The molecule has 114 valence electrons. The first-order valence-corrected chi connectivity index (χ1v) is 8.80. The SMILES string of the molecule is Nc1ccc(C(=O)N(CC2CCCCC2)C2CC2)cc1Br. The lowest BCUT2D eigenvalue weighted by atomic mass is 9.89. The van der Waals surface area contributed by atoms with Gasteiger partial charge in [-0.2, -0.15) is 0 Å². The Kier molecular flexibility index (Phi) is 4.53. The van der Waals surface area contributed by atoms with Crippen molar-refractivity contribution in [3.05, 3.63) is 28.2 Å². The van der Waals surface area contributed by atoms with Crippen molar-refractivity contribution in [3.63, 3.8) is 0 Å². The van der Waals surface area contributed by atoms with Crippen molar-refractivity contribution >= 4 is 27.5 Å². The van der Waals surface area contributed by atoms with Gasteiger partial charge in [0.25, 0.3) is 5.91 Å². The average molecular weight is 351 g/mol. The Balaban J connectivity index is 1.73. The van der Waals surface area contributed by atoms with Crippen LogP contribution in [-0.4, -0.2) is 23.4 Å². The van der Waals surface area contributed by atoms with E-state index in [-0.39, 0.29) is 5.91 Å². The molecule has 1 aromatic carbocycles. The van der Waals surface area contributed by atoms with Crippen molar-refractivity contribution in [2.45, 2.75) is 51.0 Å². The first-order chi connectivity index (χ1) is 10.1. The molecule has 1 amide bonds. The number of nitrogen functional groups attached to an aromatic ring is 1. The van der Waals surface area contributed by atoms with Crippen LogP contribution < -0.4 is 5.73 Å². The van der Waals surface area contributed by atoms with Gasteiger partial charge in [-0.15, -0.1) is 0 Å². The molecule has 3 nitrogen and oxygen atoms in total. The highest BCUT2D eigenvalue weighted by atomic mass is 79.9. The molecule has 0 unspecified atom stereocenters. The van der Waals surface area contributed by atoms with Crippen molar-refractivity contribution < 1.29 is 4.79 Å². The van der Waals surface area contributed by atoms with Crippen LogP contribution in [0.4, 0.5) is 5.69 Å². The Morgan fingerprint density at radius 1 is 1.19 bits per heavy atom. The second-order valence-corrected chi connectivity index (χ2v) is 7.28. The second kappa shape index (κ2) is 6.39. The van der Waals surface area contributed by atoms with Crippen molar-refractivity contribution in [2.75, 3.05) is 12.3 Å². The molecule has 0 aromatic heterocycles. The zero-order valence-corrected chi connectivity index (χ0v) is 13.9. The topological polar surface area (TPSA) is 46.3 Å². The van der Waals surface area contributed by atoms with Gasteiger partial charge >= 0.3 is 0 Å². The molecule has 0 radical (unpaired) electrons. The Morgan fingerprint density at radius 3 is 2.52 bits per heavy atom. The van der Waals surface area contributed by atoms with Crippen LogP contribution in [0, 0.1) is 5.92 Å². The predicted octanol–water partition coefficient (Wildman–Crippen LogP) is 4.22. The van der Waals surface area contributed by atoms with Crippen molar-refractivity contribution in [2.24, 2.45) is 5.92 Å². The maximum Gasteiger partial charge on any atom is 0.254 e. The van der Waals surface area contributed by atoms with Crippen molar-refractivity contribution in [3.8, 4) is 0 Å². The quantitative estimate of drug-likeness (QED) is 0.826. The Morgan fingerprint density at radius 2 is 1.90 bits per heavy atom. The van der Waals surface area contributed by atoms with Crippen LogP contribution in [0.2, 0.25) is 0 Å². The van der Waals surface area contributed by atoms with Gasteiger partial charge in [0.2, 0.25) is 0 Å². The van der Waals surface area contributed by atoms with Gasteiger partial charge in [0.1, 0.15) is 0 Å². The highest BCUT2D eigenvalue weighted by Crippen LogP contribution is 2.33. The predicted molar refractivity (Wildman–Crippen MR) is 89.2 cm³/mol. The van der Waals surface area contributed by atoms with E-state index in [9.17, 15) is 4.79 Å². The molecule has 0 aliphatic heterocycles. The molecule has 0 spiro atoms. The van der Waals surface area contributed by atoms with E-state index in [1.165, 1.54) is 32.1 Å². The minimum Gasteiger partial charge on any atom is -0.398 e. The molecule has 0 atom stereocenters. The zero-order chi connectivity index (χ0) is 14.8. The van der Waals surface area contributed by atoms with Gasteiger partial charge in [-0.25, -0.2) is 0 Å². The van der Waals surface area contributed by atoms with Crippen LogP contribution in [-0.2, 0) is 0 Å². The van der Waals surface area contributed by atoms with Gasteiger partial charge in [0.15, 0.2) is 0 Å². The van der Waals surface area contributed by atoms with E-state index in [1.54, 1.807) is 0 Å². The molecule has 2 aliphatic rings. The van der Waals surface area contributed by atoms with Gasteiger partial charge < -0.3 is 10.6 Å². The number of carbonyl (C=O) groups is 1. The number of nitrogens with zero attached hydrogens (tertiary/aromatic N) is 1. The molecular weight excluding hydrogens is 328 g/mol. The summed E-state index contributed by atoms with van der Waals surface area (Å²) in [5.41, 5.74) is 7.24. The van der Waals surface area contributed by atoms with Crippen LogP contribution in [0.3, 0.4) is 0 Å². The number of nitrogens with two attached hydrogens (primary N) is 1. The largest absolute Gasteiger partial charge is 0.398 e. The van der Waals surface area contributed by atoms with Crippen LogP contribution in [0.15, 0.2) is 22.7 Å². The van der Waals surface area contributed by atoms with Gasteiger partial charge in [0, 0.05) is 28.3 Å². The number of rotatable bonds is 4. The van der Waals surface area contributed by atoms with Crippen molar-refractivity contribution in [1.29, 1.82) is 0 Å². The second-order valence-electron chi connectivity index (χ2n) is 6.43. The van der Waals surface area contributed by atoms with Crippen LogP contribution in [0.1, 0.15) is 55.3 Å². The van der Waals surface area contributed by atoms with E-state index in [1.807, 2.05) is 18.2 Å². The third kappa shape index (κ3) is 3.60. The standard InChI is InChI=1S/C17H23BrN2O/c18-15-10-13(6-9-16(15)19)17(21)20(14-7-8-14)11-12-4-2-1-3-5-12/h6,9-10,12,14H,1-5,7-8,11,19H2. The monoisotopic (exact) mass is 350 g/mol. The average Bonchev–Trinajstić information content (AvgIpc) is 3.33. The zero-order valence-electron chi connectivity index (χ0n) is 12.4. The number of carbonyl (C=O) groups excluding carboxylic acids is 1. The van der Waals surface area contributed by atoms with E-state index < -0.39 is 0 Å². The number of amides is 1. The van der Waals surface area contributed by atoms with E-state index >= 15 is 0 Å². The Hall–Kier alpha value is -1.03. The molecular formula is C17H23BrN2O. The summed E-state index contributed by atoms with van der Waals surface area (Å²) in [4.78, 5) is 14.9. The first-order valence-electron chi connectivity index (χ1n) is 8.01. The van der Waals surface area contributed by atoms with Gasteiger partial charge in [-0.3, -0.25) is 4.79 Å².